The van der Waals surface area contributed by atoms with Gasteiger partial charge in [0.25, 0.3) is 5.56 Å². The number of aliphatic hydroxyl groups excluding tert-OH is 1. The van der Waals surface area contributed by atoms with E-state index in [1.54, 1.807) is 4.57 Å². The van der Waals surface area contributed by atoms with Crippen molar-refractivity contribution in [2.75, 3.05) is 19.8 Å². The van der Waals surface area contributed by atoms with Crippen LogP contribution < -0.4 is 21.9 Å². The van der Waals surface area contributed by atoms with Crippen molar-refractivity contribution in [2.45, 2.75) is 20.4 Å². The Morgan fingerprint density at radius 3 is 2.71 bits per heavy atom. The lowest BCUT2D eigenvalue weighted by atomic mass is 9.92. The zero-order valence-electron chi connectivity index (χ0n) is 13.7. The maximum atomic E-state index is 12.1. The Kier molecular flexibility index (Phi) is 4.59. The van der Waals surface area contributed by atoms with Crippen molar-refractivity contribution >= 4 is 12.2 Å². The predicted molar refractivity (Wildman–Crippen MR) is 87.9 cm³/mol. The summed E-state index contributed by atoms with van der Waals surface area (Å²) in [7, 11) is 0. The number of fused-ring (bicyclic) bond motifs is 2. The van der Waals surface area contributed by atoms with E-state index in [1.807, 2.05) is 6.08 Å². The SMILES string of the molecule is CC1C=c2nc3c(=O)[nH]c(=O)nc-3n(CCOCCO)c2=CC1C. The van der Waals surface area contributed by atoms with Crippen LogP contribution in [0.25, 0.3) is 23.7 Å². The number of aromatic amines is 1. The molecule has 0 aromatic rings. The Morgan fingerprint density at radius 1 is 1.21 bits per heavy atom. The fourth-order valence-electron chi connectivity index (χ4n) is 2.80. The van der Waals surface area contributed by atoms with Crippen molar-refractivity contribution in [1.82, 2.24) is 19.5 Å². The molecule has 8 nitrogen and oxygen atoms in total. The number of rotatable bonds is 5. The first-order valence-electron chi connectivity index (χ1n) is 7.94. The molecule has 0 radical (unpaired) electrons. The third-order valence-electron chi connectivity index (χ3n) is 4.26. The molecule has 2 N–H and O–H groups in total. The predicted octanol–water partition coefficient (Wildman–Crippen LogP) is -1.71. The van der Waals surface area contributed by atoms with E-state index in [9.17, 15) is 9.59 Å². The molecule has 8 heteroatoms. The van der Waals surface area contributed by atoms with Crippen LogP contribution >= 0.6 is 0 Å². The molecule has 3 rings (SSSR count). The molecule has 0 amide bonds. The van der Waals surface area contributed by atoms with Crippen LogP contribution in [0.2, 0.25) is 0 Å². The molecule has 0 saturated carbocycles. The minimum absolute atomic E-state index is 0.0586. The molecule has 2 atom stereocenters. The minimum atomic E-state index is -0.694. The zero-order chi connectivity index (χ0) is 17.3. The molecule has 0 fully saturated rings. The first-order valence-corrected chi connectivity index (χ1v) is 7.94. The molecule has 2 unspecified atom stereocenters. The third kappa shape index (κ3) is 3.02. The first kappa shape index (κ1) is 16.5. The smallest absolute Gasteiger partial charge is 0.349 e. The summed E-state index contributed by atoms with van der Waals surface area (Å²) in [5, 5.41) is 10.4. The zero-order valence-corrected chi connectivity index (χ0v) is 13.7. The van der Waals surface area contributed by atoms with Gasteiger partial charge in [0.1, 0.15) is 0 Å². The van der Waals surface area contributed by atoms with Crippen molar-refractivity contribution in [1.29, 1.82) is 0 Å². The lowest BCUT2D eigenvalue weighted by molar-refractivity contribution is 0.0865. The Balaban J connectivity index is 2.24. The summed E-state index contributed by atoms with van der Waals surface area (Å²) >= 11 is 0. The number of aliphatic hydroxyl groups is 1. The summed E-state index contributed by atoms with van der Waals surface area (Å²) in [5.74, 6) is 0.851. The van der Waals surface area contributed by atoms with Crippen LogP contribution in [0.5, 0.6) is 0 Å². The van der Waals surface area contributed by atoms with Crippen LogP contribution in [0, 0.1) is 11.8 Å². The highest BCUT2D eigenvalue weighted by Crippen LogP contribution is 2.16. The topological polar surface area (TPSA) is 110 Å². The highest BCUT2D eigenvalue weighted by molar-refractivity contribution is 5.51. The summed E-state index contributed by atoms with van der Waals surface area (Å²) in [6.45, 7) is 5.10. The number of aromatic nitrogens is 4. The van der Waals surface area contributed by atoms with Crippen molar-refractivity contribution in [3.8, 4) is 11.5 Å². The monoisotopic (exact) mass is 332 g/mol. The van der Waals surface area contributed by atoms with E-state index in [2.05, 4.69) is 34.9 Å². The first-order chi connectivity index (χ1) is 11.5. The lowest BCUT2D eigenvalue weighted by Gasteiger charge is -2.21. The van der Waals surface area contributed by atoms with Crippen LogP contribution in [0.4, 0.5) is 0 Å². The molecular formula is C16H20N4O4. The fourth-order valence-corrected chi connectivity index (χ4v) is 2.80. The summed E-state index contributed by atoms with van der Waals surface area (Å²) in [6, 6.07) is 0. The second-order valence-electron chi connectivity index (χ2n) is 5.96. The number of hydrogen-bond donors (Lipinski definition) is 2. The summed E-state index contributed by atoms with van der Waals surface area (Å²) < 4.78 is 7.12. The highest BCUT2D eigenvalue weighted by atomic mass is 16.5. The molecule has 2 heterocycles. The van der Waals surface area contributed by atoms with E-state index in [0.717, 1.165) is 5.35 Å². The van der Waals surface area contributed by atoms with Gasteiger partial charge < -0.3 is 14.4 Å². The van der Waals surface area contributed by atoms with Gasteiger partial charge in [-0.25, -0.2) is 9.78 Å². The Bertz CT molecular complexity index is 946. The van der Waals surface area contributed by atoms with E-state index in [-0.39, 0.29) is 24.7 Å². The molecule has 0 saturated heterocycles. The molecule has 3 aliphatic rings. The van der Waals surface area contributed by atoms with Gasteiger partial charge in [-0.3, -0.25) is 9.78 Å². The van der Waals surface area contributed by atoms with Crippen molar-refractivity contribution < 1.29 is 9.84 Å². The molecule has 128 valence electrons. The van der Waals surface area contributed by atoms with Gasteiger partial charge in [0.05, 0.1) is 30.5 Å². The van der Waals surface area contributed by atoms with Gasteiger partial charge in [0.15, 0.2) is 11.5 Å². The maximum absolute atomic E-state index is 12.1. The Hall–Kier alpha value is -2.32. The number of nitrogens with zero attached hydrogens (tertiary/aromatic N) is 3. The van der Waals surface area contributed by atoms with E-state index in [4.69, 9.17) is 9.84 Å². The highest BCUT2D eigenvalue weighted by Gasteiger charge is 2.20. The quantitative estimate of drug-likeness (QED) is 0.631. The normalized spacial score (nSPS) is 19.6. The van der Waals surface area contributed by atoms with E-state index in [1.165, 1.54) is 0 Å². The van der Waals surface area contributed by atoms with Gasteiger partial charge >= 0.3 is 5.69 Å². The standard InChI is InChI=1S/C16H20N4O4/c1-9-7-11-12(8-10(9)2)20(3-5-24-6-4-21)14-13(17-11)15(22)19-16(23)18-14/h7-10,21H,3-6H2,1-2H3,(H,19,22,23). The van der Waals surface area contributed by atoms with E-state index < -0.39 is 11.2 Å². The van der Waals surface area contributed by atoms with Crippen LogP contribution in [0.3, 0.4) is 0 Å². The molecule has 0 aromatic carbocycles. The van der Waals surface area contributed by atoms with Gasteiger partial charge in [0, 0.05) is 6.54 Å². The summed E-state index contributed by atoms with van der Waals surface area (Å²) in [6.07, 6.45) is 4.10. The number of hydrogen-bond acceptors (Lipinski definition) is 6. The van der Waals surface area contributed by atoms with Crippen molar-refractivity contribution in [3.05, 3.63) is 31.5 Å². The molecule has 2 aliphatic heterocycles. The van der Waals surface area contributed by atoms with Gasteiger partial charge in [-0.1, -0.05) is 26.0 Å². The summed E-state index contributed by atoms with van der Waals surface area (Å²) in [4.78, 5) is 34.2. The van der Waals surface area contributed by atoms with Gasteiger partial charge in [-0.2, -0.15) is 4.98 Å². The summed E-state index contributed by atoms with van der Waals surface area (Å²) in [5.41, 5.74) is -1.10. The number of ether oxygens (including phenoxy) is 1. The number of H-pyrrole nitrogens is 1. The Labute approximate surface area is 137 Å². The van der Waals surface area contributed by atoms with Crippen LogP contribution in [0.1, 0.15) is 13.8 Å². The molecule has 0 spiro atoms. The van der Waals surface area contributed by atoms with E-state index in [0.29, 0.717) is 30.3 Å². The average Bonchev–Trinajstić information content (AvgIpc) is 2.53. The molecule has 1 aliphatic carbocycles. The van der Waals surface area contributed by atoms with Gasteiger partial charge in [-0.05, 0) is 11.8 Å². The second-order valence-corrected chi connectivity index (χ2v) is 5.96. The molecular weight excluding hydrogens is 312 g/mol. The largest absolute Gasteiger partial charge is 0.394 e. The fraction of sp³-hybridized carbons (Fsp3) is 0.500. The number of nitrogens with one attached hydrogen (secondary N) is 1. The van der Waals surface area contributed by atoms with Gasteiger partial charge in [-0.15, -0.1) is 0 Å². The van der Waals surface area contributed by atoms with E-state index >= 15 is 0 Å². The van der Waals surface area contributed by atoms with Crippen molar-refractivity contribution in [3.63, 3.8) is 0 Å². The van der Waals surface area contributed by atoms with Crippen LogP contribution in [0.15, 0.2) is 9.59 Å². The van der Waals surface area contributed by atoms with Crippen LogP contribution in [-0.2, 0) is 11.3 Å². The van der Waals surface area contributed by atoms with Crippen LogP contribution in [-0.4, -0.2) is 44.4 Å². The average molecular weight is 332 g/mol. The molecule has 0 bridgehead atoms. The molecule has 0 aromatic heterocycles. The van der Waals surface area contributed by atoms with Crippen molar-refractivity contribution in [2.24, 2.45) is 11.8 Å². The van der Waals surface area contributed by atoms with Gasteiger partial charge in [0.2, 0.25) is 0 Å². The maximum Gasteiger partial charge on any atom is 0.349 e. The molecule has 24 heavy (non-hydrogen) atoms. The Morgan fingerprint density at radius 2 is 1.96 bits per heavy atom. The minimum Gasteiger partial charge on any atom is -0.394 e. The third-order valence-corrected chi connectivity index (χ3v) is 4.26. The second kappa shape index (κ2) is 6.66. The lowest BCUT2D eigenvalue weighted by Crippen LogP contribution is -2.46.